The smallest absolute Gasteiger partial charge is 0.321 e. The monoisotopic (exact) mass is 437 g/mol. The van der Waals surface area contributed by atoms with Crippen LogP contribution in [-0.4, -0.2) is 53.6 Å². The van der Waals surface area contributed by atoms with Crippen molar-refractivity contribution in [2.24, 2.45) is 0 Å². The van der Waals surface area contributed by atoms with E-state index in [0.29, 0.717) is 13.0 Å². The number of hydrogen-bond donors (Lipinski definition) is 1. The minimum Gasteiger partial charge on any atom is -0.497 e. The molecule has 8 heteroatoms. The fraction of sp³-hybridized carbons (Fsp3) is 0.348. The van der Waals surface area contributed by atoms with Gasteiger partial charge in [0.2, 0.25) is 5.13 Å². The molecule has 1 aliphatic rings. The molecule has 0 unspecified atom stereocenters. The second-order valence-electron chi connectivity index (χ2n) is 7.65. The Hall–Kier alpha value is -3.13. The van der Waals surface area contributed by atoms with Crippen LogP contribution in [0.15, 0.2) is 48.5 Å². The van der Waals surface area contributed by atoms with Crippen LogP contribution in [-0.2, 0) is 6.42 Å². The summed E-state index contributed by atoms with van der Waals surface area (Å²) < 4.78 is 9.84. The number of methoxy groups -OCH3 is 1. The maximum absolute atomic E-state index is 12.7. The lowest BCUT2D eigenvalue weighted by Gasteiger charge is -2.22. The number of nitrogens with zero attached hydrogens (tertiary/aromatic N) is 4. The summed E-state index contributed by atoms with van der Waals surface area (Å²) in [4.78, 5) is 21.5. The third-order valence-corrected chi connectivity index (χ3v) is 6.09. The van der Waals surface area contributed by atoms with Gasteiger partial charge in [0.15, 0.2) is 0 Å². The average molecular weight is 438 g/mol. The van der Waals surface area contributed by atoms with Gasteiger partial charge in [-0.05, 0) is 48.7 Å². The van der Waals surface area contributed by atoms with Crippen molar-refractivity contribution in [3.63, 3.8) is 0 Å². The van der Waals surface area contributed by atoms with E-state index in [2.05, 4.69) is 20.7 Å². The first kappa shape index (κ1) is 21.1. The van der Waals surface area contributed by atoms with E-state index in [1.54, 1.807) is 7.11 Å². The average Bonchev–Trinajstić information content (AvgIpc) is 3.08. The van der Waals surface area contributed by atoms with Crippen LogP contribution in [0.1, 0.15) is 23.4 Å². The van der Waals surface area contributed by atoms with Crippen molar-refractivity contribution in [1.29, 1.82) is 0 Å². The molecule has 1 N–H and O–H groups in total. The summed E-state index contributed by atoms with van der Waals surface area (Å²) in [6.45, 7) is 5.01. The van der Waals surface area contributed by atoms with Gasteiger partial charge in [0, 0.05) is 49.8 Å². The molecule has 2 aromatic carbocycles. The summed E-state index contributed by atoms with van der Waals surface area (Å²) in [7, 11) is 1.67. The van der Waals surface area contributed by atoms with E-state index in [9.17, 15) is 4.79 Å². The van der Waals surface area contributed by atoms with Crippen LogP contribution in [0.2, 0.25) is 0 Å². The molecule has 1 fully saturated rings. The van der Waals surface area contributed by atoms with Crippen LogP contribution < -0.4 is 15.0 Å². The van der Waals surface area contributed by atoms with Gasteiger partial charge in [-0.3, -0.25) is 0 Å². The molecular weight excluding hydrogens is 410 g/mol. The Morgan fingerprint density at radius 1 is 1.13 bits per heavy atom. The molecule has 0 radical (unpaired) electrons. The number of urea groups is 1. The number of ether oxygens (including phenoxy) is 1. The molecule has 1 aliphatic heterocycles. The van der Waals surface area contributed by atoms with Gasteiger partial charge >= 0.3 is 6.03 Å². The summed E-state index contributed by atoms with van der Waals surface area (Å²) in [5.74, 6) is 1.65. The van der Waals surface area contributed by atoms with Gasteiger partial charge in [-0.2, -0.15) is 4.37 Å². The molecule has 0 atom stereocenters. The van der Waals surface area contributed by atoms with E-state index < -0.39 is 0 Å². The number of benzene rings is 2. The van der Waals surface area contributed by atoms with Crippen LogP contribution in [0.5, 0.6) is 5.75 Å². The maximum Gasteiger partial charge on any atom is 0.321 e. The molecule has 0 aliphatic carbocycles. The molecule has 2 amide bonds. The molecule has 1 aromatic heterocycles. The Labute approximate surface area is 186 Å². The highest BCUT2D eigenvalue weighted by atomic mass is 32.1. The van der Waals surface area contributed by atoms with E-state index in [0.717, 1.165) is 59.6 Å². The topological polar surface area (TPSA) is 70.6 Å². The summed E-state index contributed by atoms with van der Waals surface area (Å²) in [5.41, 5.74) is 3.08. The van der Waals surface area contributed by atoms with E-state index >= 15 is 0 Å². The standard InChI is InChI=1S/C23H27N5O2S/c1-17-6-3-8-19(14-17)24-22(29)27-10-5-11-28(13-12-27)23-25-21(26-31-23)16-18-7-4-9-20(15-18)30-2/h3-4,6-9,14-15H,5,10-13,16H2,1-2H3,(H,24,29). The second-order valence-corrected chi connectivity index (χ2v) is 8.38. The van der Waals surface area contributed by atoms with E-state index in [4.69, 9.17) is 9.72 Å². The zero-order valence-electron chi connectivity index (χ0n) is 17.9. The Balaban J connectivity index is 1.35. The number of aromatic nitrogens is 2. The molecule has 4 rings (SSSR count). The molecule has 3 aromatic rings. The van der Waals surface area contributed by atoms with Crippen LogP contribution in [0.3, 0.4) is 0 Å². The highest BCUT2D eigenvalue weighted by molar-refractivity contribution is 7.09. The molecule has 0 spiro atoms. The van der Waals surface area contributed by atoms with Gasteiger partial charge < -0.3 is 19.9 Å². The van der Waals surface area contributed by atoms with Gasteiger partial charge in [0.05, 0.1) is 7.11 Å². The normalized spacial score (nSPS) is 14.3. The zero-order valence-corrected chi connectivity index (χ0v) is 18.7. The number of anilines is 2. The van der Waals surface area contributed by atoms with Crippen molar-refractivity contribution < 1.29 is 9.53 Å². The van der Waals surface area contributed by atoms with E-state index in [1.807, 2.05) is 54.3 Å². The number of hydrogen-bond acceptors (Lipinski definition) is 6. The largest absolute Gasteiger partial charge is 0.497 e. The molecule has 162 valence electrons. The molecule has 0 bridgehead atoms. The fourth-order valence-corrected chi connectivity index (χ4v) is 4.38. The Morgan fingerprint density at radius 3 is 2.84 bits per heavy atom. The third-order valence-electron chi connectivity index (χ3n) is 5.28. The number of rotatable bonds is 5. The van der Waals surface area contributed by atoms with Crippen molar-refractivity contribution >= 4 is 28.4 Å². The second kappa shape index (κ2) is 9.78. The predicted molar refractivity (Wildman–Crippen MR) is 124 cm³/mol. The Morgan fingerprint density at radius 2 is 2.00 bits per heavy atom. The van der Waals surface area contributed by atoms with Crippen LogP contribution in [0.4, 0.5) is 15.6 Å². The van der Waals surface area contributed by atoms with Crippen molar-refractivity contribution in [2.45, 2.75) is 19.8 Å². The summed E-state index contributed by atoms with van der Waals surface area (Å²) in [5, 5.41) is 3.92. The van der Waals surface area contributed by atoms with Crippen LogP contribution in [0, 0.1) is 6.92 Å². The SMILES string of the molecule is COc1cccc(Cc2nsc(N3CCCN(C(=O)Nc4cccc(C)c4)CC3)n2)c1. The highest BCUT2D eigenvalue weighted by Gasteiger charge is 2.21. The highest BCUT2D eigenvalue weighted by Crippen LogP contribution is 2.22. The zero-order chi connectivity index (χ0) is 21.6. The lowest BCUT2D eigenvalue weighted by atomic mass is 10.1. The summed E-state index contributed by atoms with van der Waals surface area (Å²) >= 11 is 1.42. The molecule has 2 heterocycles. The first-order valence-corrected chi connectivity index (χ1v) is 11.2. The van der Waals surface area contributed by atoms with Crippen molar-refractivity contribution in [3.05, 3.63) is 65.5 Å². The Kier molecular flexibility index (Phi) is 6.66. The summed E-state index contributed by atoms with van der Waals surface area (Å²) in [6.07, 6.45) is 1.57. The van der Waals surface area contributed by atoms with E-state index in [-0.39, 0.29) is 6.03 Å². The maximum atomic E-state index is 12.7. The first-order chi connectivity index (χ1) is 15.1. The minimum atomic E-state index is -0.0524. The number of aryl methyl sites for hydroxylation is 1. The van der Waals surface area contributed by atoms with Gasteiger partial charge in [-0.1, -0.05) is 24.3 Å². The lowest BCUT2D eigenvalue weighted by molar-refractivity contribution is 0.215. The van der Waals surface area contributed by atoms with Crippen LogP contribution in [0.25, 0.3) is 0 Å². The molecule has 31 heavy (non-hydrogen) atoms. The van der Waals surface area contributed by atoms with Gasteiger partial charge in [0.1, 0.15) is 11.6 Å². The third kappa shape index (κ3) is 5.52. The van der Waals surface area contributed by atoms with Crippen molar-refractivity contribution in [1.82, 2.24) is 14.3 Å². The minimum absolute atomic E-state index is 0.0524. The van der Waals surface area contributed by atoms with Crippen molar-refractivity contribution in [2.75, 3.05) is 43.5 Å². The summed E-state index contributed by atoms with van der Waals surface area (Å²) in [6, 6.07) is 15.8. The number of carbonyl (C=O) groups excluding carboxylic acids is 1. The first-order valence-electron chi connectivity index (χ1n) is 10.4. The number of amides is 2. The fourth-order valence-electron chi connectivity index (χ4n) is 3.65. The molecular formula is C23H27N5O2S. The van der Waals surface area contributed by atoms with Gasteiger partial charge in [0.25, 0.3) is 0 Å². The number of nitrogens with one attached hydrogen (secondary N) is 1. The van der Waals surface area contributed by atoms with E-state index in [1.165, 1.54) is 11.5 Å². The van der Waals surface area contributed by atoms with Gasteiger partial charge in [-0.25, -0.2) is 9.78 Å². The predicted octanol–water partition coefficient (Wildman–Crippen LogP) is 4.19. The van der Waals surface area contributed by atoms with Gasteiger partial charge in [-0.15, -0.1) is 0 Å². The lowest BCUT2D eigenvalue weighted by Crippen LogP contribution is -2.38. The molecule has 0 saturated carbocycles. The molecule has 1 saturated heterocycles. The van der Waals surface area contributed by atoms with Crippen molar-refractivity contribution in [3.8, 4) is 5.75 Å². The Bertz CT molecular complexity index is 1040. The molecule has 7 nitrogen and oxygen atoms in total. The number of carbonyl (C=O) groups is 1. The van der Waals surface area contributed by atoms with Crippen LogP contribution >= 0.6 is 11.5 Å². The quantitative estimate of drug-likeness (QED) is 0.648.